The van der Waals surface area contributed by atoms with Crippen LogP contribution in [-0.2, 0) is 13.3 Å². The molecule has 0 atom stereocenters. The summed E-state index contributed by atoms with van der Waals surface area (Å²) in [5.74, 6) is -1.82. The van der Waals surface area contributed by atoms with Crippen LogP contribution in [0.3, 0.4) is 0 Å². The maximum atomic E-state index is 13.9. The number of hydrogen-bond donors (Lipinski definition) is 3. The number of hydrogen-bond acceptors (Lipinski definition) is 10. The van der Waals surface area contributed by atoms with Gasteiger partial charge in [-0.3, -0.25) is 29.0 Å². The predicted octanol–water partition coefficient (Wildman–Crippen LogP) is 2.85. The van der Waals surface area contributed by atoms with E-state index in [0.717, 1.165) is 37.2 Å². The lowest BCUT2D eigenvalue weighted by Crippen LogP contribution is -2.52. The quantitative estimate of drug-likeness (QED) is 0.0770. The molecule has 248 valence electrons. The van der Waals surface area contributed by atoms with Crippen LogP contribution in [-0.4, -0.2) is 119 Å². The molecule has 0 saturated heterocycles. The van der Waals surface area contributed by atoms with Gasteiger partial charge in [0.15, 0.2) is 0 Å². The lowest BCUT2D eigenvalue weighted by molar-refractivity contribution is 0.0593. The van der Waals surface area contributed by atoms with E-state index in [1.54, 1.807) is 24.3 Å². The molecular formula is C34H34N2O10Si2. The van der Waals surface area contributed by atoms with Gasteiger partial charge >= 0.3 is 8.80 Å². The standard InChI is InChI=1S/C34H34N2O10Si2/c1-44-48(45-2,46-3)15-13-36-33(42)25-10-6-21-19-4-8-23-29-24(32(41)35(31(23)40)12-14-47(16-37,17-38)18-39)9-5-20(27(19)29)22-7-11-26(34(36)43)30(25)28(21)22/h4-11,37-39H,12-18H2,1-3H3. The molecule has 4 amide bonds. The zero-order valence-corrected chi connectivity index (χ0v) is 28.7. The smallest absolute Gasteiger partial charge is 0.399 e. The Morgan fingerprint density at radius 1 is 0.500 bits per heavy atom. The fourth-order valence-electron chi connectivity index (χ4n) is 7.31. The first-order chi connectivity index (χ1) is 23.1. The molecule has 2 heterocycles. The van der Waals surface area contributed by atoms with E-state index in [0.29, 0.717) is 33.0 Å². The Bertz CT molecular complexity index is 1890. The summed E-state index contributed by atoms with van der Waals surface area (Å²) in [4.78, 5) is 57.6. The van der Waals surface area contributed by atoms with Crippen LogP contribution in [0.15, 0.2) is 48.5 Å². The summed E-state index contributed by atoms with van der Waals surface area (Å²) in [5.41, 5.74) is 1.50. The van der Waals surface area contributed by atoms with Gasteiger partial charge in [0.25, 0.3) is 23.6 Å². The lowest BCUT2D eigenvalue weighted by Gasteiger charge is -2.32. The van der Waals surface area contributed by atoms with Crippen molar-refractivity contribution in [2.45, 2.75) is 12.1 Å². The van der Waals surface area contributed by atoms with E-state index in [-0.39, 0.29) is 43.9 Å². The van der Waals surface area contributed by atoms with Crippen molar-refractivity contribution >= 4 is 83.6 Å². The maximum Gasteiger partial charge on any atom is 0.501 e. The van der Waals surface area contributed by atoms with Gasteiger partial charge in [-0.05, 0) is 62.6 Å². The number of benzene rings is 5. The van der Waals surface area contributed by atoms with Crippen LogP contribution < -0.4 is 0 Å². The molecule has 5 aromatic rings. The average molecular weight is 687 g/mol. The van der Waals surface area contributed by atoms with Crippen LogP contribution in [0, 0.1) is 0 Å². The minimum atomic E-state index is -3.06. The van der Waals surface area contributed by atoms with Crippen LogP contribution >= 0.6 is 0 Å². The molecule has 14 heteroatoms. The third kappa shape index (κ3) is 4.42. The second-order valence-electron chi connectivity index (χ2n) is 12.4. The number of fused-ring (bicyclic) bond motifs is 2. The van der Waals surface area contributed by atoms with Crippen molar-refractivity contribution < 1.29 is 47.8 Å². The number of carbonyl (C=O) groups excluding carboxylic acids is 4. The second kappa shape index (κ2) is 11.8. The monoisotopic (exact) mass is 686 g/mol. The fourth-order valence-corrected chi connectivity index (χ4v) is 10.4. The molecule has 2 aliphatic rings. The Hall–Kier alpha value is -4.13. The highest BCUT2D eigenvalue weighted by molar-refractivity contribution is 6.79. The highest BCUT2D eigenvalue weighted by Crippen LogP contribution is 2.46. The third-order valence-corrected chi connectivity index (χ3v) is 16.2. The summed E-state index contributed by atoms with van der Waals surface area (Å²) < 4.78 is 16.5. The van der Waals surface area contributed by atoms with Crippen molar-refractivity contribution in [2.75, 3.05) is 53.1 Å². The summed E-state index contributed by atoms with van der Waals surface area (Å²) in [5, 5.41) is 35.2. The van der Waals surface area contributed by atoms with Gasteiger partial charge in [-0.2, -0.15) is 0 Å². The van der Waals surface area contributed by atoms with Gasteiger partial charge in [0, 0.05) is 92.2 Å². The van der Waals surface area contributed by atoms with Crippen molar-refractivity contribution in [1.29, 1.82) is 0 Å². The van der Waals surface area contributed by atoms with Crippen LogP contribution in [0.5, 0.6) is 0 Å². The Balaban J connectivity index is 1.36. The number of aliphatic hydroxyl groups is 3. The molecule has 0 radical (unpaired) electrons. The van der Waals surface area contributed by atoms with E-state index >= 15 is 0 Å². The Morgan fingerprint density at radius 2 is 0.812 bits per heavy atom. The first-order valence-corrected chi connectivity index (χ1v) is 20.3. The zero-order chi connectivity index (χ0) is 34.1. The van der Waals surface area contributed by atoms with Gasteiger partial charge in [0.1, 0.15) is 8.07 Å². The third-order valence-electron chi connectivity index (χ3n) is 10.3. The number of carbonyl (C=O) groups is 4. The van der Waals surface area contributed by atoms with E-state index in [4.69, 9.17) is 13.3 Å². The van der Waals surface area contributed by atoms with E-state index in [1.165, 1.54) is 26.2 Å². The van der Waals surface area contributed by atoms with Gasteiger partial charge in [-0.15, -0.1) is 0 Å². The molecule has 3 N–H and O–H groups in total. The zero-order valence-electron chi connectivity index (χ0n) is 26.7. The SMILES string of the molecule is CO[Si](CCN1C(=O)c2ccc3c4ccc5c6c(ccc(c7ccc(c2c37)C1=O)c64)C(=O)N(CC[Si](CO)(CO)CO)C5=O)(OC)OC. The van der Waals surface area contributed by atoms with Crippen molar-refractivity contribution in [1.82, 2.24) is 9.80 Å². The first-order valence-electron chi connectivity index (χ1n) is 15.5. The Kier molecular flexibility index (Phi) is 7.96. The minimum Gasteiger partial charge on any atom is -0.399 e. The second-order valence-corrected chi connectivity index (χ2v) is 20.0. The van der Waals surface area contributed by atoms with Crippen molar-refractivity contribution in [3.05, 3.63) is 70.8 Å². The molecule has 48 heavy (non-hydrogen) atoms. The summed E-state index contributed by atoms with van der Waals surface area (Å²) in [6, 6.07) is 14.6. The molecule has 5 aromatic carbocycles. The van der Waals surface area contributed by atoms with Crippen LogP contribution in [0.2, 0.25) is 12.1 Å². The van der Waals surface area contributed by atoms with Gasteiger partial charge in [0.05, 0.1) is 0 Å². The summed E-state index contributed by atoms with van der Waals surface area (Å²) >= 11 is 0. The predicted molar refractivity (Wildman–Crippen MR) is 182 cm³/mol. The molecule has 12 nitrogen and oxygen atoms in total. The maximum absolute atomic E-state index is 13.9. The number of rotatable bonds is 12. The molecule has 0 bridgehead atoms. The number of aliphatic hydroxyl groups excluding tert-OH is 3. The molecule has 2 aliphatic heterocycles. The summed E-state index contributed by atoms with van der Waals surface area (Å²) in [6.45, 7) is 0.0220. The number of nitrogens with zero attached hydrogens (tertiary/aromatic N) is 2. The molecule has 0 spiro atoms. The first kappa shape index (κ1) is 32.4. The molecule has 0 aromatic heterocycles. The average Bonchev–Trinajstić information content (AvgIpc) is 3.12. The van der Waals surface area contributed by atoms with Crippen molar-refractivity contribution in [3.63, 3.8) is 0 Å². The van der Waals surface area contributed by atoms with E-state index in [1.807, 2.05) is 24.3 Å². The molecular weight excluding hydrogens is 653 g/mol. The van der Waals surface area contributed by atoms with Crippen LogP contribution in [0.1, 0.15) is 41.4 Å². The molecule has 0 aliphatic carbocycles. The topological polar surface area (TPSA) is 163 Å². The number of amides is 4. The van der Waals surface area contributed by atoms with E-state index in [2.05, 4.69) is 0 Å². The van der Waals surface area contributed by atoms with Gasteiger partial charge in [0.2, 0.25) is 0 Å². The van der Waals surface area contributed by atoms with Gasteiger partial charge in [-0.25, -0.2) is 0 Å². The number of imide groups is 2. The van der Waals surface area contributed by atoms with Crippen molar-refractivity contribution in [2.24, 2.45) is 0 Å². The highest BCUT2D eigenvalue weighted by Gasteiger charge is 2.42. The van der Waals surface area contributed by atoms with Crippen molar-refractivity contribution in [3.8, 4) is 0 Å². The van der Waals surface area contributed by atoms with Crippen LogP contribution in [0.25, 0.3) is 43.1 Å². The van der Waals surface area contributed by atoms with Crippen LogP contribution in [0.4, 0.5) is 0 Å². The van der Waals surface area contributed by atoms with E-state index < -0.39 is 40.5 Å². The fraction of sp³-hybridized carbons (Fsp3) is 0.294. The normalized spacial score (nSPS) is 15.4. The van der Waals surface area contributed by atoms with E-state index in [9.17, 15) is 34.5 Å². The summed E-state index contributed by atoms with van der Waals surface area (Å²) in [7, 11) is -1.51. The van der Waals surface area contributed by atoms with Gasteiger partial charge < -0.3 is 28.6 Å². The highest BCUT2D eigenvalue weighted by atomic mass is 28.4. The Labute approximate surface area is 276 Å². The lowest BCUT2D eigenvalue weighted by atomic mass is 9.82. The Morgan fingerprint density at radius 3 is 1.10 bits per heavy atom. The van der Waals surface area contributed by atoms with Gasteiger partial charge in [-0.1, -0.05) is 24.3 Å². The minimum absolute atomic E-state index is 0.0334. The largest absolute Gasteiger partial charge is 0.501 e. The summed E-state index contributed by atoms with van der Waals surface area (Å²) in [6.07, 6.45) is -1.09. The molecule has 0 unspecified atom stereocenters. The molecule has 0 saturated carbocycles. The molecule has 0 fully saturated rings. The molecule has 7 rings (SSSR count).